The van der Waals surface area contributed by atoms with Crippen LogP contribution in [0.25, 0.3) is 0 Å². The molecule has 5 aliphatic rings. The van der Waals surface area contributed by atoms with Crippen LogP contribution in [0, 0.1) is 11.8 Å². The first-order valence-corrected chi connectivity index (χ1v) is 25.5. The Balaban J connectivity index is 0.826. The van der Waals surface area contributed by atoms with Gasteiger partial charge in [-0.1, -0.05) is 36.4 Å². The molecule has 7 amide bonds. The topological polar surface area (TPSA) is 281 Å². The molecule has 10 rings (SSSR count). The van der Waals surface area contributed by atoms with Gasteiger partial charge in [-0.15, -0.1) is 0 Å². The van der Waals surface area contributed by atoms with Gasteiger partial charge in [0.2, 0.25) is 29.5 Å². The van der Waals surface area contributed by atoms with Gasteiger partial charge in [-0.2, -0.15) is 0 Å². The molecule has 21 nitrogen and oxygen atoms in total. The Morgan fingerprint density at radius 1 is 0.636 bits per heavy atom. The molecule has 400 valence electrons. The van der Waals surface area contributed by atoms with Gasteiger partial charge >= 0.3 is 0 Å². The van der Waals surface area contributed by atoms with Crippen LogP contribution in [0.5, 0.6) is 23.0 Å². The third-order valence-corrected chi connectivity index (χ3v) is 14.7. The number of anilines is 5. The number of nitrogens with zero attached hydrogens (tertiary/aromatic N) is 2. The van der Waals surface area contributed by atoms with E-state index in [9.17, 15) is 38.7 Å². The van der Waals surface area contributed by atoms with Crippen LogP contribution >= 0.6 is 0 Å². The highest BCUT2D eigenvalue weighted by Crippen LogP contribution is 2.43. The Bertz CT molecular complexity index is 3180. The van der Waals surface area contributed by atoms with Gasteiger partial charge in [0, 0.05) is 47.6 Å². The summed E-state index contributed by atoms with van der Waals surface area (Å²) < 4.78 is 24.3. The van der Waals surface area contributed by atoms with Gasteiger partial charge in [0.05, 0.1) is 68.4 Å². The minimum Gasteiger partial charge on any atom is -0.493 e. The third-order valence-electron chi connectivity index (χ3n) is 14.7. The molecular formula is C56H59N9O12. The predicted octanol–water partition coefficient (Wildman–Crippen LogP) is 3.75. The molecule has 5 aromatic rings. The fourth-order valence-corrected chi connectivity index (χ4v) is 10.8. The van der Waals surface area contributed by atoms with Gasteiger partial charge in [0.15, 0.2) is 23.0 Å². The third kappa shape index (κ3) is 11.0. The Hall–Kier alpha value is -8.85. The lowest BCUT2D eigenvalue weighted by molar-refractivity contribution is -0.131. The van der Waals surface area contributed by atoms with Gasteiger partial charge in [-0.05, 0) is 103 Å². The van der Waals surface area contributed by atoms with Crippen molar-refractivity contribution >= 4 is 69.8 Å². The number of primary amides is 1. The number of para-hydroxylation sites is 2. The first-order chi connectivity index (χ1) is 37.2. The molecular weight excluding hydrogens is 991 g/mol. The molecule has 9 N–H and O–H groups in total. The summed E-state index contributed by atoms with van der Waals surface area (Å²) in [6.45, 7) is -0.870. The second-order valence-corrected chi connectivity index (χ2v) is 19.7. The zero-order chi connectivity index (χ0) is 53.9. The van der Waals surface area contributed by atoms with E-state index >= 15 is 0 Å². The number of benzene rings is 5. The van der Waals surface area contributed by atoms with Crippen LogP contribution in [0.4, 0.5) is 28.4 Å². The average molecular weight is 1050 g/mol. The Kier molecular flexibility index (Phi) is 14.9. The SMILES string of the molecule is COc1cc2c(cc1OCc1cc(COc3cc4c(cc3OC)C(=O)N3c5ccccc5C[C@H]3C(O)N4)cc(NC(=O)CNC(=O)CNC(=O)CNC(=O)C3CCC(C(N)=O)CC3)c1)NC[C@@H]1Cc3ccccc3N1C2=O. The predicted molar refractivity (Wildman–Crippen MR) is 283 cm³/mol. The molecule has 3 atom stereocenters. The molecule has 5 aromatic carbocycles. The van der Waals surface area contributed by atoms with Crippen molar-refractivity contribution in [3.63, 3.8) is 0 Å². The maximum absolute atomic E-state index is 14.1. The molecule has 1 aliphatic carbocycles. The number of carbonyl (C=O) groups excluding carboxylic acids is 7. The summed E-state index contributed by atoms with van der Waals surface area (Å²) in [6.07, 6.45) is 2.05. The minimum absolute atomic E-state index is 0.0396. The lowest BCUT2D eigenvalue weighted by Gasteiger charge is -2.26. The van der Waals surface area contributed by atoms with E-state index in [1.165, 1.54) is 14.2 Å². The van der Waals surface area contributed by atoms with Crippen LogP contribution in [0.15, 0.2) is 91.0 Å². The number of rotatable bonds is 17. The average Bonchev–Trinajstić information content (AvgIpc) is 3.98. The quantitative estimate of drug-likeness (QED) is 0.0659. The van der Waals surface area contributed by atoms with Crippen molar-refractivity contribution in [2.24, 2.45) is 17.6 Å². The van der Waals surface area contributed by atoms with E-state index < -0.39 is 43.1 Å². The van der Waals surface area contributed by atoms with Gasteiger partial charge in [-0.25, -0.2) is 0 Å². The van der Waals surface area contributed by atoms with Crippen molar-refractivity contribution in [3.8, 4) is 23.0 Å². The summed E-state index contributed by atoms with van der Waals surface area (Å²) in [6, 6.07) is 26.5. The monoisotopic (exact) mass is 1050 g/mol. The number of methoxy groups -OCH3 is 2. The number of fused-ring (bicyclic) bond motifs is 8. The van der Waals surface area contributed by atoms with E-state index in [1.807, 2.05) is 59.5 Å². The van der Waals surface area contributed by atoms with Gasteiger partial charge in [-0.3, -0.25) is 33.6 Å². The number of nitrogens with two attached hydrogens (primary N) is 1. The lowest BCUT2D eigenvalue weighted by atomic mass is 9.81. The van der Waals surface area contributed by atoms with Gasteiger partial charge in [0.1, 0.15) is 19.4 Å². The molecule has 0 spiro atoms. The number of hydrogen-bond donors (Lipinski definition) is 8. The summed E-state index contributed by atoms with van der Waals surface area (Å²) >= 11 is 0. The second kappa shape index (κ2) is 22.2. The Labute approximate surface area is 443 Å². The van der Waals surface area contributed by atoms with Crippen LogP contribution in [0.3, 0.4) is 0 Å². The van der Waals surface area contributed by atoms with Crippen molar-refractivity contribution < 1.29 is 57.6 Å². The van der Waals surface area contributed by atoms with E-state index in [2.05, 4.69) is 31.9 Å². The lowest BCUT2D eigenvalue weighted by Crippen LogP contribution is -2.45. The Morgan fingerprint density at radius 2 is 1.17 bits per heavy atom. The summed E-state index contributed by atoms with van der Waals surface area (Å²) in [5, 5.41) is 28.2. The smallest absolute Gasteiger partial charge is 0.260 e. The van der Waals surface area contributed by atoms with E-state index in [1.54, 1.807) is 41.3 Å². The van der Waals surface area contributed by atoms with Gasteiger partial charge < -0.3 is 71.5 Å². The molecule has 77 heavy (non-hydrogen) atoms. The van der Waals surface area contributed by atoms with Crippen molar-refractivity contribution in [1.82, 2.24) is 16.0 Å². The maximum atomic E-state index is 14.1. The molecule has 1 unspecified atom stereocenters. The van der Waals surface area contributed by atoms with Crippen molar-refractivity contribution in [2.45, 2.75) is 70.1 Å². The zero-order valence-corrected chi connectivity index (χ0v) is 42.4. The van der Waals surface area contributed by atoms with Crippen LogP contribution < -0.4 is 66.4 Å². The van der Waals surface area contributed by atoms with Crippen molar-refractivity contribution in [2.75, 3.05) is 66.1 Å². The molecule has 4 heterocycles. The largest absolute Gasteiger partial charge is 0.493 e. The molecule has 0 radical (unpaired) electrons. The second-order valence-electron chi connectivity index (χ2n) is 19.7. The molecule has 0 bridgehead atoms. The van der Waals surface area contributed by atoms with Crippen LogP contribution in [0.2, 0.25) is 0 Å². The minimum atomic E-state index is -1.10. The normalized spacial score (nSPS) is 19.6. The highest BCUT2D eigenvalue weighted by molar-refractivity contribution is 6.13. The van der Waals surface area contributed by atoms with Crippen LogP contribution in [0.1, 0.15) is 68.7 Å². The van der Waals surface area contributed by atoms with E-state index in [4.69, 9.17) is 24.7 Å². The standard InChI is InChI=1S/C56H59N9O12/c1-74-45-20-38-40(58-24-37-18-34-7-3-5-9-42(34)64(37)55(38)72)22-47(45)76-28-30-15-31(29-77-48-23-41-39(21-46(48)75-2)56(73)65-43-10-6-4-8-35(43)19-44(65)54(71)63-41)17-36(16-30)62-51(68)27-60-49(66)25-59-50(67)26-61-53(70)33-13-11-32(12-14-33)52(57)69/h3-10,15-17,20-23,32-33,37,44,54,58,63,71H,11-14,18-19,24-29H2,1-2H3,(H2,57,69)(H,59,67)(H,60,66)(H,61,70)(H,62,68)/t32?,33?,37-,44-,54?/m0/s1. The number of ether oxygens (including phenoxy) is 4. The first-order valence-electron chi connectivity index (χ1n) is 25.5. The molecule has 4 aliphatic heterocycles. The maximum Gasteiger partial charge on any atom is 0.260 e. The molecule has 1 fully saturated rings. The highest BCUT2D eigenvalue weighted by atomic mass is 16.5. The Morgan fingerprint density at radius 3 is 1.79 bits per heavy atom. The summed E-state index contributed by atoms with van der Waals surface area (Å²) in [7, 11) is 2.95. The van der Waals surface area contributed by atoms with E-state index in [-0.39, 0.29) is 78.3 Å². The van der Waals surface area contributed by atoms with E-state index in [0.717, 1.165) is 22.5 Å². The van der Waals surface area contributed by atoms with Crippen LogP contribution in [-0.4, -0.2) is 105 Å². The van der Waals surface area contributed by atoms with Gasteiger partial charge in [0.25, 0.3) is 11.8 Å². The highest BCUT2D eigenvalue weighted by Gasteiger charge is 2.43. The number of aliphatic hydroxyl groups excluding tert-OH is 1. The van der Waals surface area contributed by atoms with E-state index in [0.29, 0.717) is 90.3 Å². The molecule has 0 saturated heterocycles. The fourth-order valence-electron chi connectivity index (χ4n) is 10.8. The molecule has 0 aromatic heterocycles. The molecule has 1 saturated carbocycles. The van der Waals surface area contributed by atoms with Crippen molar-refractivity contribution in [3.05, 3.63) is 124 Å². The summed E-state index contributed by atoms with van der Waals surface area (Å²) in [5.74, 6) is -2.42. The number of hydrogen-bond acceptors (Lipinski definition) is 14. The fraction of sp³-hybridized carbons (Fsp3) is 0.339. The van der Waals surface area contributed by atoms with Crippen LogP contribution in [-0.2, 0) is 50.0 Å². The number of aliphatic hydroxyl groups is 1. The number of nitrogens with one attached hydrogen (secondary N) is 6. The first kappa shape index (κ1) is 51.6. The molecule has 21 heteroatoms. The van der Waals surface area contributed by atoms with Crippen molar-refractivity contribution in [1.29, 1.82) is 0 Å². The zero-order valence-electron chi connectivity index (χ0n) is 42.4. The number of carbonyl (C=O) groups is 7. The summed E-state index contributed by atoms with van der Waals surface area (Å²) in [5.41, 5.74) is 12.2. The summed E-state index contributed by atoms with van der Waals surface area (Å²) in [4.78, 5) is 94.4. The number of amides is 7.